The molecule has 1 saturated heterocycles. The van der Waals surface area contributed by atoms with Crippen LogP contribution in [-0.4, -0.2) is 18.4 Å². The van der Waals surface area contributed by atoms with Gasteiger partial charge in [0.25, 0.3) is 0 Å². The summed E-state index contributed by atoms with van der Waals surface area (Å²) < 4.78 is 0. The third kappa shape index (κ3) is 3.44. The van der Waals surface area contributed by atoms with E-state index in [0.29, 0.717) is 13.0 Å². The van der Waals surface area contributed by atoms with Gasteiger partial charge in [-0.3, -0.25) is 9.59 Å². The summed E-state index contributed by atoms with van der Waals surface area (Å²) in [4.78, 5) is 24.7. The lowest BCUT2D eigenvalue weighted by atomic mass is 10.2. The van der Waals surface area contributed by atoms with Gasteiger partial charge < -0.3 is 10.2 Å². The molecule has 4 nitrogen and oxygen atoms in total. The van der Waals surface area contributed by atoms with Gasteiger partial charge in [0.15, 0.2) is 0 Å². The Labute approximate surface area is 113 Å². The summed E-state index contributed by atoms with van der Waals surface area (Å²) in [6.45, 7) is 3.11. The number of carbonyl (C=O) groups is 2. The van der Waals surface area contributed by atoms with Crippen molar-refractivity contribution in [3.63, 3.8) is 0 Å². The summed E-state index contributed by atoms with van der Waals surface area (Å²) in [5.41, 5.74) is 1.96. The smallest absolute Gasteiger partial charge is 0.243 e. The third-order valence-corrected chi connectivity index (χ3v) is 3.11. The number of benzene rings is 1. The van der Waals surface area contributed by atoms with Crippen LogP contribution in [0.2, 0.25) is 0 Å². The maximum Gasteiger partial charge on any atom is 0.243 e. The van der Waals surface area contributed by atoms with Crippen molar-refractivity contribution < 1.29 is 9.59 Å². The lowest BCUT2D eigenvalue weighted by Crippen LogP contribution is -2.23. The standard InChI is InChI=1S/C15H18N2O2/c1-2-4-14(18)16-11-12-6-8-13(9-7-12)17-10-3-5-15(17)19/h2,4,6-9H,3,5,10-11H2,1H3,(H,16,18)/b4-2+. The Morgan fingerprint density at radius 2 is 2.11 bits per heavy atom. The molecule has 1 heterocycles. The van der Waals surface area contributed by atoms with E-state index in [1.54, 1.807) is 13.0 Å². The summed E-state index contributed by atoms with van der Waals surface area (Å²) in [5.74, 6) is 0.0930. The van der Waals surface area contributed by atoms with Crippen molar-refractivity contribution in [2.45, 2.75) is 26.3 Å². The molecule has 0 aromatic heterocycles. The Morgan fingerprint density at radius 3 is 2.68 bits per heavy atom. The topological polar surface area (TPSA) is 49.4 Å². The molecule has 2 rings (SSSR count). The summed E-state index contributed by atoms with van der Waals surface area (Å²) >= 11 is 0. The predicted octanol–water partition coefficient (Wildman–Crippen LogP) is 2.01. The highest BCUT2D eigenvalue weighted by Gasteiger charge is 2.21. The number of allylic oxidation sites excluding steroid dienone is 1. The lowest BCUT2D eigenvalue weighted by molar-refractivity contribution is -0.117. The Bertz CT molecular complexity index is 491. The monoisotopic (exact) mass is 258 g/mol. The molecule has 0 spiro atoms. The van der Waals surface area contributed by atoms with Gasteiger partial charge in [-0.25, -0.2) is 0 Å². The van der Waals surface area contributed by atoms with E-state index in [0.717, 1.165) is 24.2 Å². The number of nitrogens with zero attached hydrogens (tertiary/aromatic N) is 1. The molecular weight excluding hydrogens is 240 g/mol. The van der Waals surface area contributed by atoms with Crippen molar-refractivity contribution in [3.8, 4) is 0 Å². The molecule has 1 aliphatic heterocycles. The van der Waals surface area contributed by atoms with Gasteiger partial charge in [-0.15, -0.1) is 0 Å². The second-order valence-corrected chi connectivity index (χ2v) is 4.53. The van der Waals surface area contributed by atoms with Crippen LogP contribution in [0.15, 0.2) is 36.4 Å². The number of anilines is 1. The summed E-state index contributed by atoms with van der Waals surface area (Å²) in [6.07, 6.45) is 4.77. The lowest BCUT2D eigenvalue weighted by Gasteiger charge is -2.15. The van der Waals surface area contributed by atoms with Crippen LogP contribution >= 0.6 is 0 Å². The van der Waals surface area contributed by atoms with E-state index >= 15 is 0 Å². The van der Waals surface area contributed by atoms with Crippen molar-refractivity contribution in [3.05, 3.63) is 42.0 Å². The first-order valence-electron chi connectivity index (χ1n) is 6.50. The van der Waals surface area contributed by atoms with Gasteiger partial charge >= 0.3 is 0 Å². The molecule has 100 valence electrons. The molecule has 0 aliphatic carbocycles. The zero-order valence-electron chi connectivity index (χ0n) is 11.1. The van der Waals surface area contributed by atoms with Crippen molar-refractivity contribution in [2.75, 3.05) is 11.4 Å². The molecule has 0 atom stereocenters. The zero-order valence-corrected chi connectivity index (χ0v) is 11.1. The van der Waals surface area contributed by atoms with Gasteiger partial charge in [0.2, 0.25) is 11.8 Å². The van der Waals surface area contributed by atoms with Crippen LogP contribution in [0.4, 0.5) is 5.69 Å². The second-order valence-electron chi connectivity index (χ2n) is 4.53. The van der Waals surface area contributed by atoms with Crippen LogP contribution in [0, 0.1) is 0 Å². The number of nitrogens with one attached hydrogen (secondary N) is 1. The van der Waals surface area contributed by atoms with Gasteiger partial charge in [0.1, 0.15) is 0 Å². The SMILES string of the molecule is C/C=C/C(=O)NCc1ccc(N2CCCC2=O)cc1. The molecule has 1 aliphatic rings. The first-order chi connectivity index (χ1) is 9.20. The molecule has 1 aromatic carbocycles. The zero-order chi connectivity index (χ0) is 13.7. The molecule has 0 radical (unpaired) electrons. The highest BCUT2D eigenvalue weighted by Crippen LogP contribution is 2.21. The van der Waals surface area contributed by atoms with Crippen molar-refractivity contribution >= 4 is 17.5 Å². The number of rotatable bonds is 4. The fourth-order valence-corrected chi connectivity index (χ4v) is 2.11. The highest BCUT2D eigenvalue weighted by atomic mass is 16.2. The molecular formula is C15H18N2O2. The summed E-state index contributed by atoms with van der Waals surface area (Å²) in [6, 6.07) is 7.74. The van der Waals surface area contributed by atoms with E-state index in [1.165, 1.54) is 6.08 Å². The quantitative estimate of drug-likeness (QED) is 0.840. The normalized spacial score (nSPS) is 15.2. The molecule has 2 amide bonds. The minimum atomic E-state index is -0.0960. The van der Waals surface area contributed by atoms with Crippen LogP contribution in [0.1, 0.15) is 25.3 Å². The molecule has 1 aromatic rings. The Kier molecular flexibility index (Phi) is 4.34. The van der Waals surface area contributed by atoms with E-state index in [4.69, 9.17) is 0 Å². The molecule has 0 bridgehead atoms. The van der Waals surface area contributed by atoms with Gasteiger partial charge in [-0.1, -0.05) is 18.2 Å². The van der Waals surface area contributed by atoms with Crippen LogP contribution in [0.25, 0.3) is 0 Å². The summed E-state index contributed by atoms with van der Waals surface area (Å²) in [7, 11) is 0. The third-order valence-electron chi connectivity index (χ3n) is 3.11. The Hall–Kier alpha value is -2.10. The van der Waals surface area contributed by atoms with Crippen LogP contribution in [0.3, 0.4) is 0 Å². The molecule has 0 saturated carbocycles. The second kappa shape index (κ2) is 6.18. The molecule has 4 heteroatoms. The van der Waals surface area contributed by atoms with Crippen LogP contribution in [0.5, 0.6) is 0 Å². The minimum absolute atomic E-state index is 0.0960. The van der Waals surface area contributed by atoms with E-state index in [2.05, 4.69) is 5.32 Å². The highest BCUT2D eigenvalue weighted by molar-refractivity contribution is 5.95. The fraction of sp³-hybridized carbons (Fsp3) is 0.333. The van der Waals surface area contributed by atoms with Crippen LogP contribution in [-0.2, 0) is 16.1 Å². The van der Waals surface area contributed by atoms with Gasteiger partial charge in [0.05, 0.1) is 0 Å². The van der Waals surface area contributed by atoms with E-state index in [9.17, 15) is 9.59 Å². The Balaban J connectivity index is 1.95. The van der Waals surface area contributed by atoms with Gasteiger partial charge in [-0.2, -0.15) is 0 Å². The maximum atomic E-state index is 11.6. The molecule has 1 fully saturated rings. The van der Waals surface area contributed by atoms with E-state index in [1.807, 2.05) is 29.2 Å². The number of hydrogen-bond acceptors (Lipinski definition) is 2. The van der Waals surface area contributed by atoms with E-state index in [-0.39, 0.29) is 11.8 Å². The largest absolute Gasteiger partial charge is 0.348 e. The van der Waals surface area contributed by atoms with Crippen molar-refractivity contribution in [1.82, 2.24) is 5.32 Å². The first-order valence-corrected chi connectivity index (χ1v) is 6.50. The number of amides is 2. The predicted molar refractivity (Wildman–Crippen MR) is 74.7 cm³/mol. The maximum absolute atomic E-state index is 11.6. The number of hydrogen-bond donors (Lipinski definition) is 1. The number of carbonyl (C=O) groups excluding carboxylic acids is 2. The van der Waals surface area contributed by atoms with Crippen molar-refractivity contribution in [2.24, 2.45) is 0 Å². The van der Waals surface area contributed by atoms with Gasteiger partial charge in [0, 0.05) is 25.2 Å². The van der Waals surface area contributed by atoms with E-state index < -0.39 is 0 Å². The Morgan fingerprint density at radius 1 is 1.37 bits per heavy atom. The minimum Gasteiger partial charge on any atom is -0.348 e. The average molecular weight is 258 g/mol. The molecule has 19 heavy (non-hydrogen) atoms. The average Bonchev–Trinajstić information content (AvgIpc) is 2.84. The van der Waals surface area contributed by atoms with Crippen molar-refractivity contribution in [1.29, 1.82) is 0 Å². The fourth-order valence-electron chi connectivity index (χ4n) is 2.11. The first kappa shape index (κ1) is 13.3. The van der Waals surface area contributed by atoms with Gasteiger partial charge in [-0.05, 0) is 37.1 Å². The molecule has 0 unspecified atom stereocenters. The summed E-state index contributed by atoms with van der Waals surface area (Å²) in [5, 5.41) is 2.79. The van der Waals surface area contributed by atoms with Crippen LogP contribution < -0.4 is 10.2 Å². The molecule has 1 N–H and O–H groups in total.